The molecule has 1 aromatic rings. The lowest BCUT2D eigenvalue weighted by Gasteiger charge is -2.20. The fourth-order valence-corrected chi connectivity index (χ4v) is 1.28. The fraction of sp³-hybridized carbons (Fsp3) is 0.250. The van der Waals surface area contributed by atoms with E-state index >= 15 is 0 Å². The van der Waals surface area contributed by atoms with E-state index in [9.17, 15) is 8.78 Å². The van der Waals surface area contributed by atoms with Crippen LogP contribution in [0, 0.1) is 11.6 Å². The first kappa shape index (κ1) is 7.34. The lowest BCUT2D eigenvalue weighted by Crippen LogP contribution is -2.21. The van der Waals surface area contributed by atoms with Crippen molar-refractivity contribution in [3.05, 3.63) is 23.8 Å². The highest BCUT2D eigenvalue weighted by Crippen LogP contribution is 2.28. The molecule has 0 radical (unpaired) electrons. The SMILES string of the molecule is Fc1cc(F)c2c(c1)NCCN2. The van der Waals surface area contributed by atoms with Crippen LogP contribution in [-0.4, -0.2) is 13.1 Å². The molecule has 1 heterocycles. The summed E-state index contributed by atoms with van der Waals surface area (Å²) < 4.78 is 25.6. The van der Waals surface area contributed by atoms with Crippen LogP contribution in [0.1, 0.15) is 0 Å². The van der Waals surface area contributed by atoms with Gasteiger partial charge in [0.2, 0.25) is 0 Å². The molecular weight excluding hydrogens is 162 g/mol. The summed E-state index contributed by atoms with van der Waals surface area (Å²) in [6, 6.07) is 2.16. The summed E-state index contributed by atoms with van der Waals surface area (Å²) in [6.07, 6.45) is 0. The normalized spacial score (nSPS) is 14.5. The molecule has 0 amide bonds. The van der Waals surface area contributed by atoms with Crippen molar-refractivity contribution < 1.29 is 8.78 Å². The minimum atomic E-state index is -0.553. The zero-order valence-electron chi connectivity index (χ0n) is 6.32. The number of hydrogen-bond donors (Lipinski definition) is 2. The van der Waals surface area contributed by atoms with Crippen molar-refractivity contribution >= 4 is 11.4 Å². The Morgan fingerprint density at radius 2 is 1.83 bits per heavy atom. The summed E-state index contributed by atoms with van der Waals surface area (Å²) in [6.45, 7) is 1.35. The Bertz CT molecular complexity index is 312. The Labute approximate surface area is 68.6 Å². The molecule has 1 aliphatic heterocycles. The minimum absolute atomic E-state index is 0.364. The maximum absolute atomic E-state index is 13.0. The Hall–Kier alpha value is -1.32. The molecule has 0 unspecified atom stereocenters. The third-order valence-electron chi connectivity index (χ3n) is 1.80. The third-order valence-corrected chi connectivity index (χ3v) is 1.80. The maximum atomic E-state index is 13.0. The fourth-order valence-electron chi connectivity index (χ4n) is 1.28. The third kappa shape index (κ3) is 1.09. The van der Waals surface area contributed by atoms with Gasteiger partial charge < -0.3 is 10.6 Å². The first-order chi connectivity index (χ1) is 5.77. The van der Waals surface area contributed by atoms with Crippen molar-refractivity contribution in [2.75, 3.05) is 23.7 Å². The predicted octanol–water partition coefficient (Wildman–Crippen LogP) is 1.80. The number of benzene rings is 1. The van der Waals surface area contributed by atoms with Crippen LogP contribution in [0.2, 0.25) is 0 Å². The quantitative estimate of drug-likeness (QED) is 0.620. The van der Waals surface area contributed by atoms with E-state index in [-0.39, 0.29) is 0 Å². The monoisotopic (exact) mass is 170 g/mol. The average molecular weight is 170 g/mol. The molecule has 1 aromatic carbocycles. The van der Waals surface area contributed by atoms with Crippen LogP contribution in [0.3, 0.4) is 0 Å². The summed E-state index contributed by atoms with van der Waals surface area (Å²) in [5.74, 6) is -1.10. The van der Waals surface area contributed by atoms with Crippen LogP contribution in [0.5, 0.6) is 0 Å². The van der Waals surface area contributed by atoms with E-state index in [0.29, 0.717) is 24.5 Å². The van der Waals surface area contributed by atoms with E-state index < -0.39 is 11.6 Å². The number of anilines is 2. The summed E-state index contributed by atoms with van der Waals surface area (Å²) in [7, 11) is 0. The van der Waals surface area contributed by atoms with Crippen molar-refractivity contribution in [2.24, 2.45) is 0 Å². The molecule has 4 heteroatoms. The minimum Gasteiger partial charge on any atom is -0.381 e. The molecule has 2 nitrogen and oxygen atoms in total. The van der Waals surface area contributed by atoms with E-state index in [4.69, 9.17) is 0 Å². The van der Waals surface area contributed by atoms with Gasteiger partial charge in [0.1, 0.15) is 5.82 Å². The van der Waals surface area contributed by atoms with Crippen molar-refractivity contribution in [3.8, 4) is 0 Å². The zero-order chi connectivity index (χ0) is 8.55. The van der Waals surface area contributed by atoms with Gasteiger partial charge >= 0.3 is 0 Å². The van der Waals surface area contributed by atoms with Gasteiger partial charge in [-0.25, -0.2) is 8.78 Å². The second-order valence-electron chi connectivity index (χ2n) is 2.66. The van der Waals surface area contributed by atoms with Gasteiger partial charge in [-0.1, -0.05) is 0 Å². The summed E-state index contributed by atoms with van der Waals surface area (Å²) >= 11 is 0. The number of rotatable bonds is 0. The van der Waals surface area contributed by atoms with Gasteiger partial charge in [-0.2, -0.15) is 0 Å². The molecule has 0 aromatic heterocycles. The molecule has 0 fully saturated rings. The molecule has 2 rings (SSSR count). The highest BCUT2D eigenvalue weighted by atomic mass is 19.1. The van der Waals surface area contributed by atoms with Crippen molar-refractivity contribution in [1.82, 2.24) is 0 Å². The first-order valence-electron chi connectivity index (χ1n) is 3.74. The molecule has 2 N–H and O–H groups in total. The lowest BCUT2D eigenvalue weighted by atomic mass is 10.2. The Balaban J connectivity index is 2.53. The molecule has 64 valence electrons. The van der Waals surface area contributed by atoms with Gasteiger partial charge in [-0.3, -0.25) is 0 Å². The van der Waals surface area contributed by atoms with Crippen molar-refractivity contribution in [1.29, 1.82) is 0 Å². The van der Waals surface area contributed by atoms with Crippen LogP contribution in [0.25, 0.3) is 0 Å². The second kappa shape index (κ2) is 2.62. The van der Waals surface area contributed by atoms with Crippen molar-refractivity contribution in [2.45, 2.75) is 0 Å². The van der Waals surface area contributed by atoms with Crippen LogP contribution >= 0.6 is 0 Å². The highest BCUT2D eigenvalue weighted by molar-refractivity contribution is 5.71. The van der Waals surface area contributed by atoms with Crippen LogP contribution < -0.4 is 10.6 Å². The van der Waals surface area contributed by atoms with Gasteiger partial charge in [0, 0.05) is 19.2 Å². The molecule has 0 saturated heterocycles. The maximum Gasteiger partial charge on any atom is 0.151 e. The molecule has 12 heavy (non-hydrogen) atoms. The summed E-state index contributed by atoms with van der Waals surface area (Å²) in [5.41, 5.74) is 0.862. The predicted molar refractivity (Wildman–Crippen MR) is 43.3 cm³/mol. The Morgan fingerprint density at radius 1 is 1.08 bits per heavy atom. The molecule has 0 saturated carbocycles. The van der Waals surface area contributed by atoms with E-state index in [1.54, 1.807) is 0 Å². The largest absolute Gasteiger partial charge is 0.381 e. The lowest BCUT2D eigenvalue weighted by molar-refractivity contribution is 0.585. The molecular formula is C8H8F2N2. The van der Waals surface area contributed by atoms with E-state index in [1.165, 1.54) is 6.07 Å². The van der Waals surface area contributed by atoms with Crippen LogP contribution in [-0.2, 0) is 0 Å². The number of fused-ring (bicyclic) bond motifs is 1. The Kier molecular flexibility index (Phi) is 1.60. The molecule has 0 atom stereocenters. The zero-order valence-corrected chi connectivity index (χ0v) is 6.32. The molecule has 0 aliphatic carbocycles. The number of hydrogen-bond acceptors (Lipinski definition) is 2. The molecule has 0 spiro atoms. The summed E-state index contributed by atoms with van der Waals surface area (Å²) in [4.78, 5) is 0. The summed E-state index contributed by atoms with van der Waals surface area (Å²) in [5, 5.41) is 5.76. The first-order valence-corrected chi connectivity index (χ1v) is 3.74. The highest BCUT2D eigenvalue weighted by Gasteiger charge is 2.13. The van der Waals surface area contributed by atoms with Gasteiger partial charge in [0.05, 0.1) is 11.4 Å². The van der Waals surface area contributed by atoms with Crippen LogP contribution in [0.4, 0.5) is 20.2 Å². The number of nitrogens with one attached hydrogen (secondary N) is 2. The van der Waals surface area contributed by atoms with Gasteiger partial charge in [0.15, 0.2) is 5.82 Å². The van der Waals surface area contributed by atoms with Gasteiger partial charge in [0.25, 0.3) is 0 Å². The van der Waals surface area contributed by atoms with E-state index in [0.717, 1.165) is 6.07 Å². The average Bonchev–Trinajstić information content (AvgIpc) is 2.04. The molecule has 0 bridgehead atoms. The van der Waals surface area contributed by atoms with Crippen molar-refractivity contribution in [3.63, 3.8) is 0 Å². The van der Waals surface area contributed by atoms with E-state index in [1.807, 2.05) is 0 Å². The smallest absolute Gasteiger partial charge is 0.151 e. The van der Waals surface area contributed by atoms with E-state index in [2.05, 4.69) is 10.6 Å². The standard InChI is InChI=1S/C8H8F2N2/c9-5-3-6(10)8-7(4-5)11-1-2-12-8/h3-4,11-12H,1-2H2. The van der Waals surface area contributed by atoms with Gasteiger partial charge in [-0.15, -0.1) is 0 Å². The topological polar surface area (TPSA) is 24.1 Å². The van der Waals surface area contributed by atoms with Gasteiger partial charge in [-0.05, 0) is 6.07 Å². The number of halogens is 2. The van der Waals surface area contributed by atoms with Crippen LogP contribution in [0.15, 0.2) is 12.1 Å². The Morgan fingerprint density at radius 3 is 2.67 bits per heavy atom. The molecule has 1 aliphatic rings. The second-order valence-corrected chi connectivity index (χ2v) is 2.66.